The van der Waals surface area contributed by atoms with E-state index in [1.165, 1.54) is 4.68 Å². The van der Waals surface area contributed by atoms with Gasteiger partial charge in [-0.05, 0) is 31.9 Å². The van der Waals surface area contributed by atoms with Crippen LogP contribution >= 0.6 is 0 Å². The fraction of sp³-hybridized carbons (Fsp3) is 0.214. The molecular formula is C14H20N4O3S. The van der Waals surface area contributed by atoms with Gasteiger partial charge in [-0.25, -0.2) is 8.42 Å². The van der Waals surface area contributed by atoms with Crippen LogP contribution in [0, 0.1) is 20.8 Å². The lowest BCUT2D eigenvalue weighted by Gasteiger charge is -2.14. The van der Waals surface area contributed by atoms with E-state index in [-0.39, 0.29) is 4.90 Å². The third kappa shape index (κ3) is 4.61. The van der Waals surface area contributed by atoms with Crippen molar-refractivity contribution < 1.29 is 17.6 Å². The number of nitrogen functional groups attached to an aromatic ring is 3. The van der Waals surface area contributed by atoms with Gasteiger partial charge in [-0.1, -0.05) is 17.7 Å². The highest BCUT2D eigenvalue weighted by molar-refractivity contribution is 7.85. The van der Waals surface area contributed by atoms with E-state index in [9.17, 15) is 13.0 Å². The number of aromatic nitrogens is 1. The lowest BCUT2D eigenvalue weighted by atomic mass is 10.1. The van der Waals surface area contributed by atoms with Crippen LogP contribution in [-0.4, -0.2) is 13.0 Å². The molecule has 0 radical (unpaired) electrons. The number of anilines is 2. The summed E-state index contributed by atoms with van der Waals surface area (Å²) >= 11 is 0. The van der Waals surface area contributed by atoms with Crippen LogP contribution in [0.3, 0.4) is 0 Å². The van der Waals surface area contributed by atoms with E-state index in [1.54, 1.807) is 44.3 Å². The molecule has 1 aromatic carbocycles. The van der Waals surface area contributed by atoms with E-state index < -0.39 is 10.1 Å². The average Bonchev–Trinajstić information content (AvgIpc) is 2.31. The zero-order valence-corrected chi connectivity index (χ0v) is 13.5. The molecule has 0 aliphatic heterocycles. The quantitative estimate of drug-likeness (QED) is 0.393. The first-order valence-electron chi connectivity index (χ1n) is 6.38. The van der Waals surface area contributed by atoms with E-state index in [0.29, 0.717) is 22.6 Å². The van der Waals surface area contributed by atoms with Crippen molar-refractivity contribution in [2.75, 3.05) is 17.3 Å². The maximum atomic E-state index is 10.8. The number of nitrogens with two attached hydrogens (primary N) is 3. The molecule has 120 valence electrons. The van der Waals surface area contributed by atoms with Crippen molar-refractivity contribution in [1.29, 1.82) is 0 Å². The van der Waals surface area contributed by atoms with Crippen LogP contribution in [0.1, 0.15) is 16.7 Å². The second-order valence-electron chi connectivity index (χ2n) is 4.97. The smallest absolute Gasteiger partial charge is 0.297 e. The van der Waals surface area contributed by atoms with E-state index in [1.807, 2.05) is 6.92 Å². The Hall–Kier alpha value is -2.32. The normalized spacial score (nSPS) is 10.7. The van der Waals surface area contributed by atoms with Gasteiger partial charge in [-0.15, -0.1) is 4.68 Å². The van der Waals surface area contributed by atoms with Crippen molar-refractivity contribution in [3.05, 3.63) is 47.2 Å². The Morgan fingerprint density at radius 2 is 1.55 bits per heavy atom. The molecule has 0 spiro atoms. The molecule has 0 saturated heterocycles. The Kier molecular flexibility index (Phi) is 5.34. The highest BCUT2D eigenvalue weighted by Crippen LogP contribution is 2.20. The Balaban J connectivity index is 0.000000235. The second kappa shape index (κ2) is 6.63. The van der Waals surface area contributed by atoms with Gasteiger partial charge < -0.3 is 10.3 Å². The molecule has 8 heteroatoms. The molecule has 0 atom stereocenters. The van der Waals surface area contributed by atoms with Crippen molar-refractivity contribution >= 4 is 21.6 Å². The van der Waals surface area contributed by atoms with Crippen molar-refractivity contribution in [2.45, 2.75) is 25.7 Å². The second-order valence-corrected chi connectivity index (χ2v) is 6.29. The highest BCUT2D eigenvalue weighted by atomic mass is 32.2. The third-order valence-electron chi connectivity index (χ3n) is 2.89. The van der Waals surface area contributed by atoms with Gasteiger partial charge in [0.05, 0.1) is 11.0 Å². The minimum Gasteiger partial charge on any atom is -0.744 e. The van der Waals surface area contributed by atoms with Crippen molar-refractivity contribution in [3.8, 4) is 0 Å². The van der Waals surface area contributed by atoms with Gasteiger partial charge in [-0.3, -0.25) is 11.6 Å². The van der Waals surface area contributed by atoms with Crippen LogP contribution in [0.2, 0.25) is 0 Å². The molecule has 0 aliphatic rings. The lowest BCUT2D eigenvalue weighted by Crippen LogP contribution is -2.46. The predicted octanol–water partition coefficient (Wildman–Crippen LogP) is 0.368. The maximum absolute atomic E-state index is 10.8. The number of nitrogens with zero attached hydrogens (tertiary/aromatic N) is 1. The highest BCUT2D eigenvalue weighted by Gasteiger charge is 2.09. The number of benzene rings is 1. The van der Waals surface area contributed by atoms with Crippen LogP contribution < -0.4 is 22.0 Å². The topological polar surface area (TPSA) is 139 Å². The summed E-state index contributed by atoms with van der Waals surface area (Å²) in [7, 11) is -4.33. The van der Waals surface area contributed by atoms with Crippen LogP contribution in [0.25, 0.3) is 0 Å². The minimum atomic E-state index is -4.33. The summed E-state index contributed by atoms with van der Waals surface area (Å²) in [5.41, 5.74) is 13.4. The zero-order valence-electron chi connectivity index (χ0n) is 12.7. The van der Waals surface area contributed by atoms with Gasteiger partial charge in [0.1, 0.15) is 16.3 Å². The first-order valence-corrected chi connectivity index (χ1v) is 7.78. The van der Waals surface area contributed by atoms with Gasteiger partial charge in [0.2, 0.25) is 0 Å². The number of pyridine rings is 1. The molecule has 0 saturated carbocycles. The van der Waals surface area contributed by atoms with Crippen LogP contribution in [0.15, 0.2) is 35.4 Å². The van der Waals surface area contributed by atoms with Crippen LogP contribution in [-0.2, 0) is 10.1 Å². The van der Waals surface area contributed by atoms with Gasteiger partial charge >= 0.3 is 0 Å². The molecule has 2 aromatic rings. The molecule has 7 nitrogen and oxygen atoms in total. The fourth-order valence-electron chi connectivity index (χ4n) is 2.11. The third-order valence-corrected chi connectivity index (χ3v) is 4.04. The molecule has 0 bridgehead atoms. The number of rotatable bonds is 1. The van der Waals surface area contributed by atoms with E-state index >= 15 is 0 Å². The van der Waals surface area contributed by atoms with Crippen LogP contribution in [0.4, 0.5) is 11.5 Å². The zero-order chi connectivity index (χ0) is 17.1. The summed E-state index contributed by atoms with van der Waals surface area (Å²) in [6, 6.07) is 6.66. The largest absolute Gasteiger partial charge is 0.744 e. The SMILES string of the molecule is Cc1cc(C)c(S(=O)(=O)[O-])c(C)c1.Nc1cc[n+](N)c(N)c1. The number of hydrogen-bond donors (Lipinski definition) is 3. The lowest BCUT2D eigenvalue weighted by molar-refractivity contribution is -0.623. The van der Waals surface area contributed by atoms with E-state index in [4.69, 9.17) is 17.3 Å². The van der Waals surface area contributed by atoms with Crippen molar-refractivity contribution in [3.63, 3.8) is 0 Å². The summed E-state index contributed by atoms with van der Waals surface area (Å²) in [6.07, 6.45) is 1.60. The molecule has 2 rings (SSSR count). The van der Waals surface area contributed by atoms with Crippen molar-refractivity contribution in [1.82, 2.24) is 0 Å². The maximum Gasteiger partial charge on any atom is 0.297 e. The Morgan fingerprint density at radius 1 is 1.05 bits per heavy atom. The first-order chi connectivity index (χ1) is 10.0. The first kappa shape index (κ1) is 17.7. The fourth-order valence-corrected chi connectivity index (χ4v) is 3.01. The molecule has 6 N–H and O–H groups in total. The van der Waals surface area contributed by atoms with E-state index in [2.05, 4.69) is 0 Å². The monoisotopic (exact) mass is 324 g/mol. The van der Waals surface area contributed by atoms with Crippen molar-refractivity contribution in [2.24, 2.45) is 0 Å². The minimum absolute atomic E-state index is 0.0851. The van der Waals surface area contributed by atoms with Gasteiger partial charge in [0, 0.05) is 11.8 Å². The Morgan fingerprint density at radius 3 is 1.91 bits per heavy atom. The molecule has 0 aliphatic carbocycles. The van der Waals surface area contributed by atoms with E-state index in [0.717, 1.165) is 5.56 Å². The Bertz CT molecular complexity index is 766. The average molecular weight is 324 g/mol. The molecule has 1 heterocycles. The number of aryl methyl sites for hydroxylation is 3. The summed E-state index contributed by atoms with van der Waals surface area (Å²) in [6.45, 7) is 5.12. The molecule has 1 aromatic heterocycles. The van der Waals surface area contributed by atoms with Gasteiger partial charge in [-0.2, -0.15) is 0 Å². The molecular weight excluding hydrogens is 304 g/mol. The predicted molar refractivity (Wildman–Crippen MR) is 84.2 cm³/mol. The van der Waals surface area contributed by atoms with Gasteiger partial charge in [0.15, 0.2) is 0 Å². The summed E-state index contributed by atoms with van der Waals surface area (Å²) in [4.78, 5) is -0.0851. The summed E-state index contributed by atoms with van der Waals surface area (Å²) in [5, 5.41) is 0. The van der Waals surface area contributed by atoms with Crippen LogP contribution in [0.5, 0.6) is 0 Å². The van der Waals surface area contributed by atoms with Gasteiger partial charge in [0.25, 0.3) is 5.82 Å². The number of hydrogen-bond acceptors (Lipinski definition) is 6. The molecule has 22 heavy (non-hydrogen) atoms. The molecule has 0 fully saturated rings. The Labute approximate surface area is 130 Å². The summed E-state index contributed by atoms with van der Waals surface area (Å²) < 4.78 is 33.8. The summed E-state index contributed by atoms with van der Waals surface area (Å²) in [5.74, 6) is 5.78. The molecule has 0 amide bonds. The standard InChI is InChI=1S/C9H12O3S.C5H8N4/c1-6-4-7(2)9(8(3)5-6)13(10,11)12;6-4-1-2-9(8)5(7)3-4/h4-5H,1-3H3,(H,10,11,12);1-3H,8H2,(H3,6,7). The molecule has 0 unspecified atom stereocenters.